The highest BCUT2D eigenvalue weighted by Gasteiger charge is 2.52. The second kappa shape index (κ2) is 25.8. The van der Waals surface area contributed by atoms with Gasteiger partial charge >= 0.3 is 12.3 Å². The van der Waals surface area contributed by atoms with Crippen LogP contribution in [0.4, 0.5) is 18.4 Å². The molecule has 2 aromatic rings. The van der Waals surface area contributed by atoms with Gasteiger partial charge in [-0.05, 0) is 158 Å². The number of hydrogen-bond acceptors (Lipinski definition) is 12. The summed E-state index contributed by atoms with van der Waals surface area (Å²) in [5.74, 6) is 1.78. The van der Waals surface area contributed by atoms with Crippen LogP contribution in [0.5, 0.6) is 0 Å². The van der Waals surface area contributed by atoms with Gasteiger partial charge in [0.05, 0.1) is 39.0 Å². The average molecular weight is 1000 g/mol. The first-order valence-electron chi connectivity index (χ1n) is 27.7. The van der Waals surface area contributed by atoms with Crippen LogP contribution in [0.25, 0.3) is 0 Å². The van der Waals surface area contributed by atoms with E-state index < -0.39 is 23.8 Å². The van der Waals surface area contributed by atoms with Crippen molar-refractivity contribution < 1.29 is 37.3 Å². The summed E-state index contributed by atoms with van der Waals surface area (Å²) in [4.78, 5) is 43.4. The minimum Gasteiger partial charge on any atom is -0.438 e. The van der Waals surface area contributed by atoms with Crippen LogP contribution in [-0.2, 0) is 18.9 Å². The highest BCUT2D eigenvalue weighted by Crippen LogP contribution is 2.47. The van der Waals surface area contributed by atoms with Crippen molar-refractivity contribution in [1.29, 1.82) is 0 Å². The normalized spacial score (nSPS) is 29.9. The first-order chi connectivity index (χ1) is 34.7. The lowest BCUT2D eigenvalue weighted by Gasteiger charge is -2.44. The summed E-state index contributed by atoms with van der Waals surface area (Å²) in [6.45, 7) is 4.05. The zero-order valence-corrected chi connectivity index (χ0v) is 45.0. The summed E-state index contributed by atoms with van der Waals surface area (Å²) in [6.07, 6.45) is 27.4. The molecule has 0 saturated heterocycles. The largest absolute Gasteiger partial charge is 0.510 e. The Hall–Kier alpha value is -4.30. The van der Waals surface area contributed by atoms with E-state index >= 15 is 0 Å². The quantitative estimate of drug-likeness (QED) is 0.151. The molecule has 0 amide bonds. The SMILES string of the molecule is CCCC1(OC(=O)OC)N=CN(C2CCCCC2)C1CC1CCC(C(c2ccc(F)cc2)N(C)C)CC1.COC(=O)OC1(C)N=CN(C2CCCCC2)C1CC1CCC(C(c2cccc(F)c2)N(C)C)CC1. The first kappa shape index (κ1) is 55.5. The molecule has 400 valence electrons. The third-order valence-electron chi connectivity index (χ3n) is 17.5. The van der Waals surface area contributed by atoms with Gasteiger partial charge in [0.2, 0.25) is 11.4 Å². The van der Waals surface area contributed by atoms with Crippen LogP contribution in [0.3, 0.4) is 0 Å². The number of benzene rings is 2. The standard InChI is InChI=1S/C30H46FN3O3.C28H42FN3O3/c1-5-19-30(37-29(35)36-4)27(34(21-32-30)26-9-7-6-8-10-26)20-22-11-13-23(14-12-22)28(33(2)3)24-15-17-25(31)18-16-24;1-28(35-27(33)34-4)25(32(19-30-28)24-11-6-5-7-12-24)17-20-13-15-21(16-14-20)26(31(2)3)22-9-8-10-23(29)18-22/h15-18,21-23,26-28H,5-14,19-20H2,1-4H3;8-10,18-21,24-26H,5-7,11-17H2,1-4H3. The van der Waals surface area contributed by atoms with Crippen molar-refractivity contribution in [2.45, 2.75) is 203 Å². The van der Waals surface area contributed by atoms with E-state index in [2.05, 4.69) is 54.7 Å². The molecule has 4 aliphatic carbocycles. The summed E-state index contributed by atoms with van der Waals surface area (Å²) in [7, 11) is 11.2. The van der Waals surface area contributed by atoms with Crippen LogP contribution in [0.2, 0.25) is 0 Å². The molecular formula is C58H88F2N6O6. The summed E-state index contributed by atoms with van der Waals surface area (Å²) < 4.78 is 49.0. The van der Waals surface area contributed by atoms with E-state index in [0.717, 1.165) is 76.2 Å². The Morgan fingerprint density at radius 1 is 0.625 bits per heavy atom. The molecule has 72 heavy (non-hydrogen) atoms. The monoisotopic (exact) mass is 1000 g/mol. The van der Waals surface area contributed by atoms with E-state index in [4.69, 9.17) is 28.9 Å². The van der Waals surface area contributed by atoms with Gasteiger partial charge in [0, 0.05) is 30.6 Å². The van der Waals surface area contributed by atoms with Crippen LogP contribution in [0.15, 0.2) is 58.5 Å². The molecule has 12 nitrogen and oxygen atoms in total. The highest BCUT2D eigenvalue weighted by atomic mass is 19.1. The Balaban J connectivity index is 0.000000212. The van der Waals surface area contributed by atoms with Crippen molar-refractivity contribution >= 4 is 25.0 Å². The molecule has 6 atom stereocenters. The molecule has 2 aromatic carbocycles. The van der Waals surface area contributed by atoms with Gasteiger partial charge in [-0.2, -0.15) is 0 Å². The molecule has 4 fully saturated rings. The van der Waals surface area contributed by atoms with Gasteiger partial charge in [-0.3, -0.25) is 0 Å². The van der Waals surface area contributed by atoms with Crippen molar-refractivity contribution in [2.75, 3.05) is 42.4 Å². The van der Waals surface area contributed by atoms with Gasteiger partial charge < -0.3 is 38.5 Å². The summed E-state index contributed by atoms with van der Waals surface area (Å²) >= 11 is 0. The van der Waals surface area contributed by atoms with Gasteiger partial charge in [0.1, 0.15) is 11.6 Å². The molecule has 2 heterocycles. The van der Waals surface area contributed by atoms with Crippen molar-refractivity contribution in [3.8, 4) is 0 Å². The lowest BCUT2D eigenvalue weighted by atomic mass is 9.73. The van der Waals surface area contributed by atoms with Gasteiger partial charge in [-0.1, -0.05) is 102 Å². The summed E-state index contributed by atoms with van der Waals surface area (Å²) in [5, 5.41) is 0. The topological polar surface area (TPSA) is 109 Å². The number of hydrogen-bond donors (Lipinski definition) is 0. The van der Waals surface area contributed by atoms with Crippen molar-refractivity contribution in [3.05, 3.63) is 71.3 Å². The Labute approximate surface area is 430 Å². The fraction of sp³-hybridized carbons (Fsp3) is 0.724. The lowest BCUT2D eigenvalue weighted by molar-refractivity contribution is -0.0687. The fourth-order valence-corrected chi connectivity index (χ4v) is 14.0. The Kier molecular flexibility index (Phi) is 19.8. The molecule has 2 aliphatic heterocycles. The number of methoxy groups -OCH3 is 2. The molecule has 6 unspecified atom stereocenters. The molecule has 0 N–H and O–H groups in total. The van der Waals surface area contributed by atoms with E-state index in [1.54, 1.807) is 18.2 Å². The Morgan fingerprint density at radius 3 is 1.61 bits per heavy atom. The first-order valence-corrected chi connectivity index (χ1v) is 27.7. The fourth-order valence-electron chi connectivity index (χ4n) is 14.0. The smallest absolute Gasteiger partial charge is 0.438 e. The van der Waals surface area contributed by atoms with E-state index in [1.807, 2.05) is 43.9 Å². The van der Waals surface area contributed by atoms with E-state index in [0.29, 0.717) is 42.2 Å². The molecule has 0 bridgehead atoms. The summed E-state index contributed by atoms with van der Waals surface area (Å²) in [5.41, 5.74) is 0.465. The molecular weight excluding hydrogens is 915 g/mol. The van der Waals surface area contributed by atoms with Crippen LogP contribution in [0, 0.1) is 35.3 Å². The minimum absolute atomic E-state index is 0.0270. The maximum absolute atomic E-state index is 13.9. The molecule has 4 saturated carbocycles. The predicted octanol–water partition coefficient (Wildman–Crippen LogP) is 13.1. The number of rotatable bonds is 16. The number of ether oxygens (including phenoxy) is 4. The van der Waals surface area contributed by atoms with Gasteiger partial charge in [0.25, 0.3) is 0 Å². The minimum atomic E-state index is -0.922. The molecule has 0 radical (unpaired) electrons. The Bertz CT molecular complexity index is 2060. The van der Waals surface area contributed by atoms with Gasteiger partial charge in [-0.25, -0.2) is 28.4 Å². The summed E-state index contributed by atoms with van der Waals surface area (Å²) in [6, 6.07) is 15.6. The molecule has 6 aliphatic rings. The van der Waals surface area contributed by atoms with Gasteiger partial charge in [-0.15, -0.1) is 0 Å². The second-order valence-corrected chi connectivity index (χ2v) is 22.7. The van der Waals surface area contributed by atoms with E-state index in [-0.39, 0.29) is 35.8 Å². The van der Waals surface area contributed by atoms with E-state index in [9.17, 15) is 18.4 Å². The predicted molar refractivity (Wildman–Crippen MR) is 281 cm³/mol. The third-order valence-corrected chi connectivity index (χ3v) is 17.5. The van der Waals surface area contributed by atoms with Crippen LogP contribution in [-0.4, -0.2) is 123 Å². The van der Waals surface area contributed by atoms with E-state index in [1.165, 1.54) is 90.1 Å². The second-order valence-electron chi connectivity index (χ2n) is 22.7. The van der Waals surface area contributed by atoms with Crippen molar-refractivity contribution in [2.24, 2.45) is 33.7 Å². The average Bonchev–Trinajstić information content (AvgIpc) is 3.88. The lowest BCUT2D eigenvalue weighted by Crippen LogP contribution is -2.53. The number of nitrogens with zero attached hydrogens (tertiary/aromatic N) is 6. The Morgan fingerprint density at radius 2 is 1.11 bits per heavy atom. The van der Waals surface area contributed by atoms with Crippen LogP contribution < -0.4 is 0 Å². The van der Waals surface area contributed by atoms with Crippen molar-refractivity contribution in [1.82, 2.24) is 19.6 Å². The number of aliphatic imine (C=N–C) groups is 2. The molecule has 14 heteroatoms. The molecule has 0 aromatic heterocycles. The zero-order chi connectivity index (χ0) is 51.4. The maximum atomic E-state index is 13.9. The van der Waals surface area contributed by atoms with Crippen molar-refractivity contribution in [3.63, 3.8) is 0 Å². The number of carbonyl (C=O) groups is 2. The third kappa shape index (κ3) is 13.7. The molecule has 8 rings (SSSR count). The highest BCUT2D eigenvalue weighted by molar-refractivity contribution is 5.65. The zero-order valence-electron chi connectivity index (χ0n) is 45.0. The van der Waals surface area contributed by atoms with Crippen LogP contribution >= 0.6 is 0 Å². The maximum Gasteiger partial charge on any atom is 0.510 e. The molecule has 0 spiro atoms. The number of halogens is 2. The van der Waals surface area contributed by atoms with Gasteiger partial charge in [0.15, 0.2) is 0 Å². The number of carbonyl (C=O) groups excluding carboxylic acids is 2. The van der Waals surface area contributed by atoms with Crippen LogP contribution in [0.1, 0.15) is 178 Å².